The van der Waals surface area contributed by atoms with Crippen LogP contribution in [0.5, 0.6) is 0 Å². The number of nitrogens with two attached hydrogens (primary N) is 1. The summed E-state index contributed by atoms with van der Waals surface area (Å²) < 4.78 is 5.95. The Kier molecular flexibility index (Phi) is 3.18. The van der Waals surface area contributed by atoms with Crippen molar-refractivity contribution in [2.24, 2.45) is 11.7 Å². The van der Waals surface area contributed by atoms with E-state index in [-0.39, 0.29) is 0 Å². The fourth-order valence-electron chi connectivity index (χ4n) is 3.95. The van der Waals surface area contributed by atoms with Crippen LogP contribution in [0, 0.1) is 5.92 Å². The highest BCUT2D eigenvalue weighted by atomic mass is 16.5. The summed E-state index contributed by atoms with van der Waals surface area (Å²) >= 11 is 0. The molecule has 0 spiro atoms. The van der Waals surface area contributed by atoms with E-state index < -0.39 is 0 Å². The zero-order valence-corrected chi connectivity index (χ0v) is 11.0. The highest BCUT2D eigenvalue weighted by Gasteiger charge is 2.44. The Morgan fingerprint density at radius 2 is 1.71 bits per heavy atom. The van der Waals surface area contributed by atoms with Crippen LogP contribution in [0.3, 0.4) is 0 Å². The molecule has 0 amide bonds. The first-order chi connectivity index (χ1) is 8.22. The van der Waals surface area contributed by atoms with E-state index in [2.05, 4.69) is 11.8 Å². The van der Waals surface area contributed by atoms with E-state index in [0.717, 1.165) is 25.6 Å². The van der Waals surface area contributed by atoms with Gasteiger partial charge in [-0.1, -0.05) is 6.92 Å². The summed E-state index contributed by atoms with van der Waals surface area (Å²) in [7, 11) is 0. The molecule has 17 heavy (non-hydrogen) atoms. The van der Waals surface area contributed by atoms with Crippen molar-refractivity contribution in [3.63, 3.8) is 0 Å². The van der Waals surface area contributed by atoms with Crippen molar-refractivity contribution in [1.82, 2.24) is 4.90 Å². The normalized spacial score (nSPS) is 47.3. The highest BCUT2D eigenvalue weighted by molar-refractivity contribution is 4.99. The van der Waals surface area contributed by atoms with E-state index >= 15 is 0 Å². The maximum atomic E-state index is 6.14. The molecule has 1 aliphatic carbocycles. The summed E-state index contributed by atoms with van der Waals surface area (Å²) in [6, 6.07) is 0. The second-order valence-electron chi connectivity index (χ2n) is 6.47. The Morgan fingerprint density at radius 1 is 1.12 bits per heavy atom. The first kappa shape index (κ1) is 11.9. The molecule has 98 valence electrons. The van der Waals surface area contributed by atoms with Crippen LogP contribution < -0.4 is 5.73 Å². The fourth-order valence-corrected chi connectivity index (χ4v) is 3.95. The molecule has 0 aromatic carbocycles. The van der Waals surface area contributed by atoms with Crippen LogP contribution in [-0.4, -0.2) is 42.3 Å². The monoisotopic (exact) mass is 238 g/mol. The van der Waals surface area contributed by atoms with Gasteiger partial charge in [0.15, 0.2) is 0 Å². The van der Waals surface area contributed by atoms with Gasteiger partial charge in [-0.25, -0.2) is 0 Å². The summed E-state index contributed by atoms with van der Waals surface area (Å²) in [6.45, 7) is 5.47. The van der Waals surface area contributed by atoms with Gasteiger partial charge in [0.25, 0.3) is 0 Å². The Bertz CT molecular complexity index is 261. The molecule has 0 aromatic heterocycles. The zero-order chi connectivity index (χ0) is 11.9. The molecule has 0 radical (unpaired) electrons. The molecule has 2 bridgehead atoms. The minimum Gasteiger partial charge on any atom is -0.372 e. The van der Waals surface area contributed by atoms with Crippen LogP contribution in [0.1, 0.15) is 45.4 Å². The lowest BCUT2D eigenvalue weighted by Gasteiger charge is -2.50. The fraction of sp³-hybridized carbons (Fsp3) is 1.00. The summed E-state index contributed by atoms with van der Waals surface area (Å²) in [5, 5.41) is 0. The molecule has 3 aliphatic rings. The van der Waals surface area contributed by atoms with E-state index in [1.807, 2.05) is 0 Å². The zero-order valence-electron chi connectivity index (χ0n) is 11.0. The molecular weight excluding hydrogens is 212 g/mol. The van der Waals surface area contributed by atoms with E-state index in [1.165, 1.54) is 38.5 Å². The molecule has 3 nitrogen and oxygen atoms in total. The largest absolute Gasteiger partial charge is 0.372 e. The van der Waals surface area contributed by atoms with Crippen molar-refractivity contribution in [3.05, 3.63) is 0 Å². The predicted molar refractivity (Wildman–Crippen MR) is 68.9 cm³/mol. The number of likely N-dealkylation sites (tertiary alicyclic amines) is 1. The van der Waals surface area contributed by atoms with E-state index in [9.17, 15) is 0 Å². The van der Waals surface area contributed by atoms with Crippen molar-refractivity contribution in [2.45, 2.75) is 63.2 Å². The molecule has 3 heteroatoms. The molecule has 2 N–H and O–H groups in total. The Hall–Kier alpha value is -0.120. The molecule has 2 heterocycles. The van der Waals surface area contributed by atoms with Gasteiger partial charge in [0.05, 0.1) is 12.2 Å². The summed E-state index contributed by atoms with van der Waals surface area (Å²) in [6.07, 6.45) is 8.81. The van der Waals surface area contributed by atoms with Crippen molar-refractivity contribution >= 4 is 0 Å². The minimum atomic E-state index is 0.303. The lowest BCUT2D eigenvalue weighted by Crippen LogP contribution is -2.60. The van der Waals surface area contributed by atoms with Gasteiger partial charge in [-0.05, 0) is 44.4 Å². The lowest BCUT2D eigenvalue weighted by molar-refractivity contribution is -0.0876. The first-order valence-corrected chi connectivity index (χ1v) is 7.32. The van der Waals surface area contributed by atoms with Crippen LogP contribution in [0.2, 0.25) is 0 Å². The SMILES string of the molecule is CC1CCC(CN)(N2CC3CCC(C2)O3)CC1. The maximum absolute atomic E-state index is 6.14. The number of hydrogen-bond acceptors (Lipinski definition) is 3. The molecule has 2 atom stereocenters. The third-order valence-corrected chi connectivity index (χ3v) is 5.30. The molecule has 0 aromatic rings. The quantitative estimate of drug-likeness (QED) is 0.796. The average Bonchev–Trinajstić information content (AvgIpc) is 2.70. The average molecular weight is 238 g/mol. The topological polar surface area (TPSA) is 38.5 Å². The second-order valence-corrected chi connectivity index (χ2v) is 6.47. The maximum Gasteiger partial charge on any atom is 0.0707 e. The van der Waals surface area contributed by atoms with Crippen LogP contribution in [0.15, 0.2) is 0 Å². The van der Waals surface area contributed by atoms with Crippen LogP contribution >= 0.6 is 0 Å². The van der Waals surface area contributed by atoms with Crippen molar-refractivity contribution in [1.29, 1.82) is 0 Å². The van der Waals surface area contributed by atoms with Crippen molar-refractivity contribution in [3.8, 4) is 0 Å². The van der Waals surface area contributed by atoms with Crippen molar-refractivity contribution < 1.29 is 4.74 Å². The van der Waals surface area contributed by atoms with Gasteiger partial charge in [-0.15, -0.1) is 0 Å². The number of ether oxygens (including phenoxy) is 1. The minimum absolute atomic E-state index is 0.303. The van der Waals surface area contributed by atoms with Gasteiger partial charge < -0.3 is 10.5 Å². The summed E-state index contributed by atoms with van der Waals surface area (Å²) in [5.74, 6) is 0.896. The van der Waals surface area contributed by atoms with Gasteiger partial charge in [-0.3, -0.25) is 4.90 Å². The molecule has 3 fully saturated rings. The van der Waals surface area contributed by atoms with Crippen LogP contribution in [0.4, 0.5) is 0 Å². The molecule has 2 saturated heterocycles. The third kappa shape index (κ3) is 2.13. The predicted octanol–water partition coefficient (Wildman–Crippen LogP) is 1.76. The lowest BCUT2D eigenvalue weighted by atomic mass is 9.75. The first-order valence-electron chi connectivity index (χ1n) is 7.32. The molecular formula is C14H26N2O. The Morgan fingerprint density at radius 3 is 2.24 bits per heavy atom. The molecule has 1 saturated carbocycles. The molecule has 3 rings (SSSR count). The van der Waals surface area contributed by atoms with Crippen LogP contribution in [0.25, 0.3) is 0 Å². The smallest absolute Gasteiger partial charge is 0.0707 e. The van der Waals surface area contributed by atoms with E-state index in [4.69, 9.17) is 10.5 Å². The molecule has 2 unspecified atom stereocenters. The van der Waals surface area contributed by atoms with E-state index in [1.54, 1.807) is 0 Å². The third-order valence-electron chi connectivity index (χ3n) is 5.30. The van der Waals surface area contributed by atoms with Gasteiger partial charge >= 0.3 is 0 Å². The van der Waals surface area contributed by atoms with Crippen molar-refractivity contribution in [2.75, 3.05) is 19.6 Å². The van der Waals surface area contributed by atoms with E-state index in [0.29, 0.717) is 17.7 Å². The number of fused-ring (bicyclic) bond motifs is 2. The van der Waals surface area contributed by atoms with Gasteiger partial charge in [0, 0.05) is 25.2 Å². The summed E-state index contributed by atoms with van der Waals surface area (Å²) in [4.78, 5) is 2.69. The Balaban J connectivity index is 1.72. The molecule has 2 aliphatic heterocycles. The van der Waals surface area contributed by atoms with Gasteiger partial charge in [0.1, 0.15) is 0 Å². The Labute approximate surface area is 105 Å². The standard InChI is InChI=1S/C14H26N2O/c1-11-4-6-14(10-15,7-5-11)16-8-12-2-3-13(9-16)17-12/h11-13H,2-10,15H2,1H3. The second kappa shape index (κ2) is 4.52. The van der Waals surface area contributed by atoms with Gasteiger partial charge in [-0.2, -0.15) is 0 Å². The number of hydrogen-bond donors (Lipinski definition) is 1. The number of rotatable bonds is 2. The summed E-state index contributed by atoms with van der Waals surface area (Å²) in [5.41, 5.74) is 6.45. The number of nitrogens with zero attached hydrogens (tertiary/aromatic N) is 1. The van der Waals surface area contributed by atoms with Crippen LogP contribution in [-0.2, 0) is 4.74 Å². The van der Waals surface area contributed by atoms with Gasteiger partial charge in [0.2, 0.25) is 0 Å². The highest BCUT2D eigenvalue weighted by Crippen LogP contribution is 2.39. The number of morpholine rings is 1.